The fourth-order valence-electron chi connectivity index (χ4n) is 2.50. The van der Waals surface area contributed by atoms with E-state index in [-0.39, 0.29) is 31.0 Å². The van der Waals surface area contributed by atoms with Crippen molar-refractivity contribution in [2.45, 2.75) is 12.3 Å². The second kappa shape index (κ2) is 7.04. The van der Waals surface area contributed by atoms with Crippen molar-refractivity contribution in [3.05, 3.63) is 40.9 Å². The standard InChI is InChI=1S/C16H14F3N3O3S/c17-16(18,19)10-3-1-2-9(6-10)14-21-11(8-26-14)15(24)22-4-5-25-12(7-22)13(20)23/h1-3,6,8,12H,4-5,7H2,(H2,20,23). The van der Waals surface area contributed by atoms with Gasteiger partial charge in [0.15, 0.2) is 6.10 Å². The SMILES string of the molecule is NC(=O)C1CN(C(=O)c2csc(-c3cccc(C(F)(F)F)c3)n2)CCO1. The molecule has 0 aliphatic carbocycles. The summed E-state index contributed by atoms with van der Waals surface area (Å²) in [5, 5.41) is 1.78. The van der Waals surface area contributed by atoms with Crippen LogP contribution >= 0.6 is 11.3 Å². The molecule has 1 aliphatic rings. The molecule has 1 aromatic carbocycles. The number of hydrogen-bond acceptors (Lipinski definition) is 5. The topological polar surface area (TPSA) is 85.5 Å². The minimum atomic E-state index is -4.45. The summed E-state index contributed by atoms with van der Waals surface area (Å²) in [7, 11) is 0. The van der Waals surface area contributed by atoms with Crippen molar-refractivity contribution in [1.82, 2.24) is 9.88 Å². The highest BCUT2D eigenvalue weighted by molar-refractivity contribution is 7.13. The lowest BCUT2D eigenvalue weighted by Crippen LogP contribution is -2.50. The number of carbonyl (C=O) groups is 2. The quantitative estimate of drug-likeness (QED) is 0.877. The largest absolute Gasteiger partial charge is 0.416 e. The summed E-state index contributed by atoms with van der Waals surface area (Å²) in [6.45, 7) is 0.466. The van der Waals surface area contributed by atoms with Crippen LogP contribution in [0.5, 0.6) is 0 Å². The number of rotatable bonds is 3. The Bertz CT molecular complexity index is 837. The van der Waals surface area contributed by atoms with E-state index < -0.39 is 29.7 Å². The second-order valence-electron chi connectivity index (χ2n) is 5.63. The molecule has 1 aliphatic heterocycles. The number of primary amides is 1. The fourth-order valence-corrected chi connectivity index (χ4v) is 3.29. The van der Waals surface area contributed by atoms with Crippen LogP contribution in [0.15, 0.2) is 29.6 Å². The van der Waals surface area contributed by atoms with Crippen molar-refractivity contribution >= 4 is 23.2 Å². The molecule has 3 rings (SSSR count). The van der Waals surface area contributed by atoms with E-state index in [9.17, 15) is 22.8 Å². The smallest absolute Gasteiger partial charge is 0.367 e. The summed E-state index contributed by atoms with van der Waals surface area (Å²) in [6.07, 6.45) is -5.34. The van der Waals surface area contributed by atoms with Crippen molar-refractivity contribution in [2.75, 3.05) is 19.7 Å². The first-order valence-corrected chi connectivity index (χ1v) is 8.47. The van der Waals surface area contributed by atoms with E-state index in [1.165, 1.54) is 22.4 Å². The average Bonchev–Trinajstić information content (AvgIpc) is 3.10. The Morgan fingerprint density at radius 3 is 2.81 bits per heavy atom. The minimum Gasteiger partial charge on any atom is -0.367 e. The highest BCUT2D eigenvalue weighted by Gasteiger charge is 2.31. The lowest BCUT2D eigenvalue weighted by atomic mass is 10.1. The molecule has 1 saturated heterocycles. The molecule has 0 bridgehead atoms. The molecule has 2 N–H and O–H groups in total. The third-order valence-corrected chi connectivity index (χ3v) is 4.72. The highest BCUT2D eigenvalue weighted by Crippen LogP contribution is 2.33. The van der Waals surface area contributed by atoms with Gasteiger partial charge in [0.25, 0.3) is 5.91 Å². The molecule has 2 heterocycles. The first-order chi connectivity index (χ1) is 12.3. The molecule has 0 radical (unpaired) electrons. The van der Waals surface area contributed by atoms with Gasteiger partial charge in [0, 0.05) is 17.5 Å². The molecule has 1 fully saturated rings. The van der Waals surface area contributed by atoms with Crippen LogP contribution in [0.4, 0.5) is 13.2 Å². The van der Waals surface area contributed by atoms with E-state index in [4.69, 9.17) is 10.5 Å². The Morgan fingerprint density at radius 2 is 2.12 bits per heavy atom. The van der Waals surface area contributed by atoms with Gasteiger partial charge in [0.2, 0.25) is 5.91 Å². The Balaban J connectivity index is 1.80. The molecule has 6 nitrogen and oxygen atoms in total. The van der Waals surface area contributed by atoms with Gasteiger partial charge in [-0.25, -0.2) is 4.98 Å². The summed E-state index contributed by atoms with van der Waals surface area (Å²) in [5.41, 5.74) is 4.79. The lowest BCUT2D eigenvalue weighted by molar-refractivity contribution is -0.137. The van der Waals surface area contributed by atoms with Crippen LogP contribution in [0, 0.1) is 0 Å². The Hall–Kier alpha value is -2.46. The van der Waals surface area contributed by atoms with E-state index in [0.29, 0.717) is 5.01 Å². The normalized spacial score (nSPS) is 18.0. The fraction of sp³-hybridized carbons (Fsp3) is 0.312. The van der Waals surface area contributed by atoms with Crippen molar-refractivity contribution in [3.8, 4) is 10.6 Å². The first kappa shape index (κ1) is 18.3. The van der Waals surface area contributed by atoms with Crippen molar-refractivity contribution in [1.29, 1.82) is 0 Å². The molecular formula is C16H14F3N3O3S. The van der Waals surface area contributed by atoms with Crippen molar-refractivity contribution in [2.24, 2.45) is 5.73 Å². The predicted octanol–water partition coefficient (Wildman–Crippen LogP) is 2.16. The third kappa shape index (κ3) is 3.86. The number of halogens is 3. The van der Waals surface area contributed by atoms with Gasteiger partial charge >= 0.3 is 6.18 Å². The Labute approximate surface area is 150 Å². The first-order valence-electron chi connectivity index (χ1n) is 7.59. The zero-order valence-corrected chi connectivity index (χ0v) is 14.1. The number of hydrogen-bond donors (Lipinski definition) is 1. The number of benzene rings is 1. The number of carbonyl (C=O) groups excluding carboxylic acids is 2. The summed E-state index contributed by atoms with van der Waals surface area (Å²) in [6, 6.07) is 4.76. The van der Waals surface area contributed by atoms with Crippen molar-refractivity contribution < 1.29 is 27.5 Å². The third-order valence-electron chi connectivity index (χ3n) is 3.83. The summed E-state index contributed by atoms with van der Waals surface area (Å²) in [4.78, 5) is 29.3. The molecule has 2 amide bonds. The molecule has 10 heteroatoms. The number of morpholine rings is 1. The van der Waals surface area contributed by atoms with Crippen molar-refractivity contribution in [3.63, 3.8) is 0 Å². The molecule has 1 unspecified atom stereocenters. The van der Waals surface area contributed by atoms with Crippen LogP contribution in [0.3, 0.4) is 0 Å². The van der Waals surface area contributed by atoms with E-state index in [1.807, 2.05) is 0 Å². The van der Waals surface area contributed by atoms with Gasteiger partial charge in [-0.2, -0.15) is 13.2 Å². The summed E-state index contributed by atoms with van der Waals surface area (Å²) in [5.74, 6) is -1.08. The maximum absolute atomic E-state index is 12.8. The van der Waals surface area contributed by atoms with Gasteiger partial charge in [0.1, 0.15) is 10.7 Å². The minimum absolute atomic E-state index is 0.0184. The molecule has 1 aromatic heterocycles. The average molecular weight is 385 g/mol. The Morgan fingerprint density at radius 1 is 1.35 bits per heavy atom. The maximum Gasteiger partial charge on any atom is 0.416 e. The van der Waals surface area contributed by atoms with E-state index in [1.54, 1.807) is 0 Å². The monoisotopic (exact) mass is 385 g/mol. The van der Waals surface area contributed by atoms with Gasteiger partial charge < -0.3 is 15.4 Å². The zero-order chi connectivity index (χ0) is 18.9. The van der Waals surface area contributed by atoms with Crippen LogP contribution in [0.2, 0.25) is 0 Å². The van der Waals surface area contributed by atoms with Gasteiger partial charge in [-0.05, 0) is 12.1 Å². The van der Waals surface area contributed by atoms with Gasteiger partial charge in [0.05, 0.1) is 18.7 Å². The number of alkyl halides is 3. The lowest BCUT2D eigenvalue weighted by Gasteiger charge is -2.30. The van der Waals surface area contributed by atoms with Crippen LogP contribution in [0.25, 0.3) is 10.6 Å². The van der Waals surface area contributed by atoms with Crippen LogP contribution in [-0.4, -0.2) is 47.5 Å². The molecule has 2 aromatic rings. The number of ether oxygens (including phenoxy) is 1. The van der Waals surface area contributed by atoms with Gasteiger partial charge in [-0.3, -0.25) is 9.59 Å². The molecule has 26 heavy (non-hydrogen) atoms. The molecule has 138 valence electrons. The predicted molar refractivity (Wildman–Crippen MR) is 87.4 cm³/mol. The Kier molecular flexibility index (Phi) is 4.97. The summed E-state index contributed by atoms with van der Waals surface area (Å²) >= 11 is 1.07. The van der Waals surface area contributed by atoms with E-state index in [2.05, 4.69) is 4.98 Å². The number of nitrogens with zero attached hydrogens (tertiary/aromatic N) is 2. The number of amides is 2. The number of thiazole rings is 1. The highest BCUT2D eigenvalue weighted by atomic mass is 32.1. The second-order valence-corrected chi connectivity index (χ2v) is 6.49. The maximum atomic E-state index is 12.8. The van der Waals surface area contributed by atoms with Crippen LogP contribution in [-0.2, 0) is 15.7 Å². The van der Waals surface area contributed by atoms with Crippen LogP contribution in [0.1, 0.15) is 16.1 Å². The summed E-state index contributed by atoms with van der Waals surface area (Å²) < 4.78 is 43.7. The number of aromatic nitrogens is 1. The van der Waals surface area contributed by atoms with E-state index >= 15 is 0 Å². The zero-order valence-electron chi connectivity index (χ0n) is 13.3. The van der Waals surface area contributed by atoms with Gasteiger partial charge in [-0.1, -0.05) is 12.1 Å². The molecule has 0 spiro atoms. The van der Waals surface area contributed by atoms with Crippen LogP contribution < -0.4 is 5.73 Å². The van der Waals surface area contributed by atoms with Gasteiger partial charge in [-0.15, -0.1) is 11.3 Å². The molecular weight excluding hydrogens is 371 g/mol. The molecule has 0 saturated carbocycles. The number of nitrogens with two attached hydrogens (primary N) is 1. The van der Waals surface area contributed by atoms with E-state index in [0.717, 1.165) is 23.5 Å². The molecule has 1 atom stereocenters.